The molecule has 2 rings (SSSR count). The molecule has 1 atom stereocenters. The molecule has 8 heteroatoms. The number of hydrogen-bond donors (Lipinski definition) is 4. The van der Waals surface area contributed by atoms with E-state index in [1.54, 1.807) is 0 Å². The van der Waals surface area contributed by atoms with Gasteiger partial charge in [0.1, 0.15) is 24.0 Å². The third kappa shape index (κ3) is 2.85. The Labute approximate surface area is 116 Å². The van der Waals surface area contributed by atoms with Crippen molar-refractivity contribution >= 4 is 23.5 Å². The molecule has 1 saturated heterocycles. The molecule has 1 aromatic rings. The highest BCUT2D eigenvalue weighted by molar-refractivity contribution is 6.01. The summed E-state index contributed by atoms with van der Waals surface area (Å²) in [5.74, 6) is 6.06. The molecule has 2 heterocycles. The Morgan fingerprint density at radius 2 is 2.05 bits per heavy atom. The minimum atomic E-state index is -0.481. The standard InChI is InChI=1S/C12H18N6O2/c1-6(2)9-10(14-5-15-11(9)18-13)16-7-3-4-8(19)17-12(7)20/h5-7H,3-4,13H2,1-2H3,(H,17,19,20)(H2,14,15,16,18). The maximum absolute atomic E-state index is 11.8. The number of nitrogens with zero attached hydrogens (tertiary/aromatic N) is 2. The van der Waals surface area contributed by atoms with Crippen LogP contribution in [0.1, 0.15) is 38.2 Å². The number of nitrogens with one attached hydrogen (secondary N) is 3. The number of hydrogen-bond acceptors (Lipinski definition) is 7. The van der Waals surface area contributed by atoms with Crippen molar-refractivity contribution in [3.63, 3.8) is 0 Å². The topological polar surface area (TPSA) is 122 Å². The third-order valence-corrected chi connectivity index (χ3v) is 3.15. The van der Waals surface area contributed by atoms with E-state index in [1.807, 2.05) is 13.8 Å². The van der Waals surface area contributed by atoms with Crippen LogP contribution in [0, 0.1) is 0 Å². The van der Waals surface area contributed by atoms with Crippen molar-refractivity contribution in [2.45, 2.75) is 38.6 Å². The van der Waals surface area contributed by atoms with Gasteiger partial charge in [0.2, 0.25) is 11.8 Å². The van der Waals surface area contributed by atoms with Gasteiger partial charge in [-0.25, -0.2) is 15.8 Å². The predicted molar refractivity (Wildman–Crippen MR) is 73.7 cm³/mol. The lowest BCUT2D eigenvalue weighted by atomic mass is 10.0. The van der Waals surface area contributed by atoms with Crippen LogP contribution >= 0.6 is 0 Å². The zero-order valence-corrected chi connectivity index (χ0v) is 11.4. The molecule has 0 radical (unpaired) electrons. The first-order chi connectivity index (χ1) is 9.52. The SMILES string of the molecule is CC(C)c1c(NN)ncnc1NC1CCC(=O)NC1=O. The molecule has 1 unspecified atom stereocenters. The quantitative estimate of drug-likeness (QED) is 0.350. The van der Waals surface area contributed by atoms with Crippen molar-refractivity contribution < 1.29 is 9.59 Å². The van der Waals surface area contributed by atoms with Gasteiger partial charge in [-0.3, -0.25) is 14.9 Å². The van der Waals surface area contributed by atoms with Gasteiger partial charge in [-0.05, 0) is 12.3 Å². The van der Waals surface area contributed by atoms with Crippen LogP contribution in [0.4, 0.5) is 11.6 Å². The second-order valence-electron chi connectivity index (χ2n) is 4.93. The van der Waals surface area contributed by atoms with E-state index in [-0.39, 0.29) is 17.7 Å². The third-order valence-electron chi connectivity index (χ3n) is 3.15. The summed E-state index contributed by atoms with van der Waals surface area (Å²) in [6, 6.07) is -0.481. The minimum absolute atomic E-state index is 0.123. The minimum Gasteiger partial charge on any atom is -0.358 e. The number of carbonyl (C=O) groups excluding carboxylic acids is 2. The number of nitrogens with two attached hydrogens (primary N) is 1. The lowest BCUT2D eigenvalue weighted by molar-refractivity contribution is -0.133. The zero-order valence-electron chi connectivity index (χ0n) is 11.4. The highest BCUT2D eigenvalue weighted by Crippen LogP contribution is 2.28. The van der Waals surface area contributed by atoms with Gasteiger partial charge in [0, 0.05) is 12.0 Å². The number of carbonyl (C=O) groups is 2. The van der Waals surface area contributed by atoms with E-state index in [0.717, 1.165) is 5.56 Å². The molecule has 0 spiro atoms. The number of aromatic nitrogens is 2. The van der Waals surface area contributed by atoms with Crippen LogP contribution in [0.25, 0.3) is 0 Å². The van der Waals surface area contributed by atoms with E-state index in [9.17, 15) is 9.59 Å². The first-order valence-electron chi connectivity index (χ1n) is 6.44. The Bertz CT molecular complexity index is 531. The zero-order chi connectivity index (χ0) is 14.7. The van der Waals surface area contributed by atoms with Gasteiger partial charge in [0.25, 0.3) is 0 Å². The Morgan fingerprint density at radius 1 is 1.35 bits per heavy atom. The Morgan fingerprint density at radius 3 is 2.65 bits per heavy atom. The van der Waals surface area contributed by atoms with Gasteiger partial charge in [0.05, 0.1) is 0 Å². The molecule has 0 saturated carbocycles. The van der Waals surface area contributed by atoms with Crippen LogP contribution in [0.15, 0.2) is 6.33 Å². The number of imide groups is 1. The lowest BCUT2D eigenvalue weighted by Crippen LogP contribution is -2.47. The number of anilines is 2. The summed E-state index contributed by atoms with van der Waals surface area (Å²) in [6.45, 7) is 3.96. The molecule has 0 bridgehead atoms. The van der Waals surface area contributed by atoms with Gasteiger partial charge < -0.3 is 10.7 Å². The van der Waals surface area contributed by atoms with Crippen molar-refractivity contribution in [3.8, 4) is 0 Å². The Hall–Kier alpha value is -2.22. The smallest absolute Gasteiger partial charge is 0.249 e. The molecule has 5 N–H and O–H groups in total. The van der Waals surface area contributed by atoms with Gasteiger partial charge in [0.15, 0.2) is 0 Å². The van der Waals surface area contributed by atoms with Crippen LogP contribution in [0.2, 0.25) is 0 Å². The van der Waals surface area contributed by atoms with E-state index in [1.165, 1.54) is 6.33 Å². The molecular weight excluding hydrogens is 260 g/mol. The highest BCUT2D eigenvalue weighted by Gasteiger charge is 2.28. The van der Waals surface area contributed by atoms with E-state index >= 15 is 0 Å². The summed E-state index contributed by atoms with van der Waals surface area (Å²) >= 11 is 0. The average Bonchev–Trinajstić information content (AvgIpc) is 2.41. The predicted octanol–water partition coefficient (Wildman–Crippen LogP) is 0.103. The van der Waals surface area contributed by atoms with Crippen molar-refractivity contribution in [2.24, 2.45) is 5.84 Å². The van der Waals surface area contributed by atoms with Crippen LogP contribution < -0.4 is 21.9 Å². The van der Waals surface area contributed by atoms with Gasteiger partial charge in [-0.2, -0.15) is 0 Å². The lowest BCUT2D eigenvalue weighted by Gasteiger charge is -2.24. The van der Waals surface area contributed by atoms with Crippen LogP contribution in [-0.4, -0.2) is 27.8 Å². The molecule has 2 amide bonds. The summed E-state index contributed by atoms with van der Waals surface area (Å²) in [5.41, 5.74) is 3.33. The Kier molecular flexibility index (Phi) is 4.14. The van der Waals surface area contributed by atoms with E-state index in [2.05, 4.69) is 26.0 Å². The number of amides is 2. The molecular formula is C12H18N6O2. The summed E-state index contributed by atoms with van der Waals surface area (Å²) < 4.78 is 0. The maximum atomic E-state index is 11.8. The number of hydrazine groups is 1. The Balaban J connectivity index is 2.25. The molecule has 1 aromatic heterocycles. The summed E-state index contributed by atoms with van der Waals surface area (Å²) in [7, 11) is 0. The van der Waals surface area contributed by atoms with Crippen LogP contribution in [-0.2, 0) is 9.59 Å². The summed E-state index contributed by atoms with van der Waals surface area (Å²) in [6.07, 6.45) is 2.13. The maximum Gasteiger partial charge on any atom is 0.249 e. The second kappa shape index (κ2) is 5.83. The van der Waals surface area contributed by atoms with Crippen molar-refractivity contribution in [3.05, 3.63) is 11.9 Å². The average molecular weight is 278 g/mol. The normalized spacial score (nSPS) is 18.9. The van der Waals surface area contributed by atoms with Gasteiger partial charge in [-0.1, -0.05) is 13.8 Å². The highest BCUT2D eigenvalue weighted by atomic mass is 16.2. The fourth-order valence-corrected chi connectivity index (χ4v) is 2.17. The molecule has 8 nitrogen and oxygen atoms in total. The fraction of sp³-hybridized carbons (Fsp3) is 0.500. The molecule has 1 aliphatic rings. The molecule has 20 heavy (non-hydrogen) atoms. The molecule has 108 valence electrons. The van der Waals surface area contributed by atoms with Crippen LogP contribution in [0.3, 0.4) is 0 Å². The second-order valence-corrected chi connectivity index (χ2v) is 4.93. The van der Waals surface area contributed by atoms with E-state index in [4.69, 9.17) is 5.84 Å². The molecule has 1 aliphatic heterocycles. The monoisotopic (exact) mass is 278 g/mol. The first-order valence-corrected chi connectivity index (χ1v) is 6.44. The summed E-state index contributed by atoms with van der Waals surface area (Å²) in [5, 5.41) is 5.37. The number of nitrogen functional groups attached to an aromatic ring is 1. The number of piperidine rings is 1. The van der Waals surface area contributed by atoms with Crippen molar-refractivity contribution in [1.29, 1.82) is 0 Å². The fourth-order valence-electron chi connectivity index (χ4n) is 2.17. The number of rotatable bonds is 4. The van der Waals surface area contributed by atoms with Gasteiger partial charge in [-0.15, -0.1) is 0 Å². The summed E-state index contributed by atoms with van der Waals surface area (Å²) in [4.78, 5) is 31.1. The van der Waals surface area contributed by atoms with Crippen LogP contribution in [0.5, 0.6) is 0 Å². The molecule has 1 fully saturated rings. The van der Waals surface area contributed by atoms with Gasteiger partial charge >= 0.3 is 0 Å². The molecule has 0 aliphatic carbocycles. The molecule has 0 aromatic carbocycles. The largest absolute Gasteiger partial charge is 0.358 e. The van der Waals surface area contributed by atoms with Crippen molar-refractivity contribution in [1.82, 2.24) is 15.3 Å². The van der Waals surface area contributed by atoms with E-state index < -0.39 is 6.04 Å². The van der Waals surface area contributed by atoms with Crippen molar-refractivity contribution in [2.75, 3.05) is 10.7 Å². The first kappa shape index (κ1) is 14.2. The van der Waals surface area contributed by atoms with E-state index in [0.29, 0.717) is 24.5 Å².